The lowest BCUT2D eigenvalue weighted by Crippen LogP contribution is -2.01. The predicted octanol–water partition coefficient (Wildman–Crippen LogP) is 7.12. The van der Waals surface area contributed by atoms with Crippen LogP contribution in [0, 0.1) is 18.8 Å². The van der Waals surface area contributed by atoms with Gasteiger partial charge in [0.25, 0.3) is 0 Å². The maximum Gasteiger partial charge on any atom is 0.223 e. The van der Waals surface area contributed by atoms with Crippen molar-refractivity contribution in [3.8, 4) is 28.7 Å². The van der Waals surface area contributed by atoms with E-state index in [9.17, 15) is 13.2 Å². The number of ether oxygens (including phenoxy) is 1. The van der Waals surface area contributed by atoms with E-state index in [0.29, 0.717) is 11.5 Å². The van der Waals surface area contributed by atoms with Gasteiger partial charge in [0, 0.05) is 28.3 Å². The van der Waals surface area contributed by atoms with Crippen LogP contribution in [0.3, 0.4) is 0 Å². The highest BCUT2D eigenvalue weighted by atomic mass is 35.5. The smallest absolute Gasteiger partial charge is 0.223 e. The molecule has 4 aromatic rings. The molecule has 4 nitrogen and oxygen atoms in total. The number of aryl methyl sites for hydroxylation is 1. The summed E-state index contributed by atoms with van der Waals surface area (Å²) in [6, 6.07) is 19.1. The summed E-state index contributed by atoms with van der Waals surface area (Å²) < 4.78 is 31.0. The van der Waals surface area contributed by atoms with Crippen molar-refractivity contribution in [1.29, 1.82) is 0 Å². The first-order valence-corrected chi connectivity index (χ1v) is 14.4. The molecule has 0 saturated carbocycles. The fraction of sp³-hybridized carbons (Fsp3) is 0.207. The van der Waals surface area contributed by atoms with Crippen LogP contribution >= 0.6 is 22.9 Å². The van der Waals surface area contributed by atoms with Crippen LogP contribution in [-0.4, -0.2) is 19.9 Å². The Balaban J connectivity index is 1.54. The molecule has 0 fully saturated rings. The molecule has 0 radical (unpaired) electrons. The highest BCUT2D eigenvalue weighted by Crippen LogP contribution is 2.37. The van der Waals surface area contributed by atoms with E-state index in [1.807, 2.05) is 37.3 Å². The first-order valence-electron chi connectivity index (χ1n) is 11.3. The predicted molar refractivity (Wildman–Crippen MR) is 148 cm³/mol. The third kappa shape index (κ3) is 5.99. The summed E-state index contributed by atoms with van der Waals surface area (Å²) in [6.07, 6.45) is 1.39. The van der Waals surface area contributed by atoms with Crippen LogP contribution in [0.15, 0.2) is 70.9 Å². The summed E-state index contributed by atoms with van der Waals surface area (Å²) in [5.74, 6) is 6.37. The van der Waals surface area contributed by atoms with Gasteiger partial charge in [-0.15, -0.1) is 17.3 Å². The normalized spacial score (nSPS) is 12.1. The maximum absolute atomic E-state index is 11.9. The Morgan fingerprint density at radius 2 is 1.81 bits per heavy atom. The average Bonchev–Trinajstić information content (AvgIpc) is 3.25. The Kier molecular flexibility index (Phi) is 7.85. The number of fused-ring (bicyclic) bond motifs is 1. The van der Waals surface area contributed by atoms with Crippen LogP contribution < -0.4 is 4.74 Å². The van der Waals surface area contributed by atoms with Crippen LogP contribution in [0.1, 0.15) is 36.0 Å². The van der Waals surface area contributed by atoms with Gasteiger partial charge in [0.15, 0.2) is 9.84 Å². The topological polar surface area (TPSA) is 60.4 Å². The quantitative estimate of drug-likeness (QED) is 0.178. The third-order valence-electron chi connectivity index (χ3n) is 5.93. The molecular weight excluding hydrogens is 512 g/mol. The Labute approximate surface area is 220 Å². The van der Waals surface area contributed by atoms with Gasteiger partial charge in [-0.05, 0) is 89.5 Å². The van der Waals surface area contributed by atoms with Gasteiger partial charge in [0.2, 0.25) is 5.24 Å². The Morgan fingerprint density at radius 1 is 1.06 bits per heavy atom. The molecule has 4 rings (SSSR count). The Bertz CT molecular complexity index is 1590. The molecule has 1 aromatic heterocycles. The average molecular weight is 537 g/mol. The van der Waals surface area contributed by atoms with E-state index in [2.05, 4.69) is 35.4 Å². The molecule has 7 heteroatoms. The zero-order valence-electron chi connectivity index (χ0n) is 20.2. The molecule has 0 aliphatic carbocycles. The second-order valence-electron chi connectivity index (χ2n) is 8.59. The van der Waals surface area contributed by atoms with Crippen LogP contribution in [0.25, 0.3) is 21.2 Å². The van der Waals surface area contributed by atoms with Crippen LogP contribution in [0.5, 0.6) is 5.75 Å². The molecular formula is C29H25ClO4S2. The second-order valence-corrected chi connectivity index (χ2v) is 11.9. The number of hydrogen-bond donors (Lipinski definition) is 0. The number of rotatable bonds is 8. The Morgan fingerprint density at radius 3 is 2.44 bits per heavy atom. The van der Waals surface area contributed by atoms with Crippen LogP contribution in [0.4, 0.5) is 0 Å². The lowest BCUT2D eigenvalue weighted by atomic mass is 9.97. The van der Waals surface area contributed by atoms with Crippen molar-refractivity contribution in [2.45, 2.75) is 37.7 Å². The van der Waals surface area contributed by atoms with Crippen molar-refractivity contribution in [2.75, 3.05) is 6.26 Å². The van der Waals surface area contributed by atoms with E-state index in [-0.39, 0.29) is 12.3 Å². The molecule has 3 aromatic carbocycles. The van der Waals surface area contributed by atoms with Gasteiger partial charge < -0.3 is 4.74 Å². The molecule has 1 atom stereocenters. The number of sulfone groups is 1. The van der Waals surface area contributed by atoms with Gasteiger partial charge in [0.1, 0.15) is 12.4 Å². The number of carbonyl (C=O) groups excluding carboxylic acids is 1. The summed E-state index contributed by atoms with van der Waals surface area (Å²) in [6.45, 7) is 4.07. The molecule has 0 N–H and O–H groups in total. The molecule has 1 heterocycles. The molecule has 0 aliphatic heterocycles. The van der Waals surface area contributed by atoms with E-state index < -0.39 is 15.1 Å². The van der Waals surface area contributed by atoms with Crippen molar-refractivity contribution >= 4 is 48.1 Å². The second kappa shape index (κ2) is 10.9. The minimum Gasteiger partial charge on any atom is -0.489 e. The fourth-order valence-electron chi connectivity index (χ4n) is 4.09. The number of halogens is 1. The highest BCUT2D eigenvalue weighted by Gasteiger charge is 2.14. The summed E-state index contributed by atoms with van der Waals surface area (Å²) in [7, 11) is -3.25. The number of thiophene rings is 1. The third-order valence-corrected chi connectivity index (χ3v) is 8.15. The molecule has 0 spiro atoms. The molecule has 0 amide bonds. The standard InChI is InChI=1S/C29H25ClO4S2/c1-4-5-22(16-29(30)31)21-7-9-23(10-8-21)34-17-20-6-13-28-26(15-20)27(18-35-28)25-12-11-24(14-19(25)2)36(3,32)33/h6-15,18,22H,16-17H2,1-3H3/t22-/m0/s1. The van der Waals surface area contributed by atoms with Crippen LogP contribution in [-0.2, 0) is 21.2 Å². The lowest BCUT2D eigenvalue weighted by molar-refractivity contribution is -0.111. The van der Waals surface area contributed by atoms with Crippen molar-refractivity contribution in [1.82, 2.24) is 0 Å². The fourth-order valence-corrected chi connectivity index (χ4v) is 5.90. The minimum atomic E-state index is -3.25. The highest BCUT2D eigenvalue weighted by molar-refractivity contribution is 7.90. The van der Waals surface area contributed by atoms with Gasteiger partial charge in [-0.1, -0.05) is 30.2 Å². The van der Waals surface area contributed by atoms with Gasteiger partial charge in [-0.3, -0.25) is 4.79 Å². The molecule has 184 valence electrons. The minimum absolute atomic E-state index is 0.169. The van der Waals surface area contributed by atoms with E-state index in [1.165, 1.54) is 6.26 Å². The van der Waals surface area contributed by atoms with E-state index in [0.717, 1.165) is 43.7 Å². The summed E-state index contributed by atoms with van der Waals surface area (Å²) in [4.78, 5) is 11.7. The van der Waals surface area contributed by atoms with Gasteiger partial charge in [0.05, 0.1) is 10.8 Å². The number of hydrogen-bond acceptors (Lipinski definition) is 5. The van der Waals surface area contributed by atoms with Crippen molar-refractivity contribution in [3.05, 3.63) is 82.7 Å². The first-order chi connectivity index (χ1) is 17.2. The SMILES string of the molecule is CC#C[C@@H](CC(=O)Cl)c1ccc(OCc2ccc3scc(-c4ccc(S(C)(=O)=O)cc4C)c3c2)cc1. The summed E-state index contributed by atoms with van der Waals surface area (Å²) >= 11 is 7.23. The molecule has 0 unspecified atom stereocenters. The van der Waals surface area contributed by atoms with Crippen molar-refractivity contribution in [3.63, 3.8) is 0 Å². The zero-order valence-corrected chi connectivity index (χ0v) is 22.6. The lowest BCUT2D eigenvalue weighted by Gasteiger charge is -2.11. The van der Waals surface area contributed by atoms with Crippen molar-refractivity contribution in [2.24, 2.45) is 0 Å². The monoisotopic (exact) mass is 536 g/mol. The maximum atomic E-state index is 11.9. The first kappa shape index (κ1) is 26.0. The Hall–Kier alpha value is -3.11. The zero-order chi connectivity index (χ0) is 25.9. The van der Waals surface area contributed by atoms with E-state index in [1.54, 1.807) is 30.4 Å². The van der Waals surface area contributed by atoms with E-state index in [4.69, 9.17) is 16.3 Å². The largest absolute Gasteiger partial charge is 0.489 e. The molecule has 36 heavy (non-hydrogen) atoms. The van der Waals surface area contributed by atoms with Gasteiger partial charge in [-0.25, -0.2) is 8.42 Å². The summed E-state index contributed by atoms with van der Waals surface area (Å²) in [5, 5.41) is 2.81. The molecule has 0 bridgehead atoms. The summed E-state index contributed by atoms with van der Waals surface area (Å²) in [5.41, 5.74) is 4.96. The number of benzene rings is 3. The van der Waals surface area contributed by atoms with Gasteiger partial charge >= 0.3 is 0 Å². The number of carbonyl (C=O) groups is 1. The molecule has 0 saturated heterocycles. The van der Waals surface area contributed by atoms with Crippen molar-refractivity contribution < 1.29 is 17.9 Å². The van der Waals surface area contributed by atoms with E-state index >= 15 is 0 Å². The van der Waals surface area contributed by atoms with Gasteiger partial charge in [-0.2, -0.15) is 0 Å². The molecule has 0 aliphatic rings. The van der Waals surface area contributed by atoms with Crippen LogP contribution in [0.2, 0.25) is 0 Å².